The normalized spacial score (nSPS) is 26.7. The Morgan fingerprint density at radius 1 is 1.10 bits per heavy atom. The molecule has 31 heavy (non-hydrogen) atoms. The van der Waals surface area contributed by atoms with E-state index in [1.54, 1.807) is 18.2 Å². The third kappa shape index (κ3) is 5.13. The third-order valence-corrected chi connectivity index (χ3v) is 9.24. The molecule has 7 nitrogen and oxygen atoms in total. The molecule has 8 heteroatoms. The number of hydrogen-bond acceptors (Lipinski definition) is 6. The highest BCUT2D eigenvalue weighted by Gasteiger charge is 2.42. The lowest BCUT2D eigenvalue weighted by molar-refractivity contribution is -0.141. The van der Waals surface area contributed by atoms with Crippen molar-refractivity contribution in [3.8, 4) is 0 Å². The van der Waals surface area contributed by atoms with E-state index < -0.39 is 15.1 Å². The molecule has 1 aliphatic carbocycles. The average molecular weight is 450 g/mol. The van der Waals surface area contributed by atoms with Crippen LogP contribution >= 0.6 is 0 Å². The molecule has 3 fully saturated rings. The Morgan fingerprint density at radius 3 is 2.55 bits per heavy atom. The largest absolute Gasteiger partial charge is 0.378 e. The maximum absolute atomic E-state index is 13.6. The van der Waals surface area contributed by atoms with E-state index in [0.717, 1.165) is 18.4 Å². The molecule has 2 N–H and O–H groups in total. The molecule has 3 aliphatic rings. The number of piperidine rings is 1. The second-order valence-corrected chi connectivity index (χ2v) is 11.4. The van der Waals surface area contributed by atoms with Crippen molar-refractivity contribution < 1.29 is 17.9 Å². The number of nitrogens with zero attached hydrogens (tertiary/aromatic N) is 2. The Morgan fingerprint density at radius 2 is 1.84 bits per heavy atom. The number of carbonyl (C=O) groups excluding carboxylic acids is 1. The number of ether oxygens (including phenoxy) is 1. The van der Waals surface area contributed by atoms with Gasteiger partial charge in [0.15, 0.2) is 9.84 Å². The van der Waals surface area contributed by atoms with Crippen molar-refractivity contribution in [3.63, 3.8) is 0 Å². The van der Waals surface area contributed by atoms with Crippen LogP contribution in [0.15, 0.2) is 29.2 Å². The van der Waals surface area contributed by atoms with E-state index in [9.17, 15) is 13.2 Å². The van der Waals surface area contributed by atoms with Gasteiger partial charge in [0, 0.05) is 38.8 Å². The summed E-state index contributed by atoms with van der Waals surface area (Å²) in [6.07, 6.45) is 6.17. The molecule has 1 saturated carbocycles. The van der Waals surface area contributed by atoms with Gasteiger partial charge in [-0.3, -0.25) is 9.69 Å². The van der Waals surface area contributed by atoms with Crippen LogP contribution in [0.25, 0.3) is 0 Å². The molecule has 2 aliphatic heterocycles. The predicted molar refractivity (Wildman–Crippen MR) is 119 cm³/mol. The van der Waals surface area contributed by atoms with Crippen LogP contribution in [-0.2, 0) is 25.9 Å². The number of morpholine rings is 1. The van der Waals surface area contributed by atoms with E-state index >= 15 is 0 Å². The molecule has 0 radical (unpaired) electrons. The number of sulfone groups is 1. The first kappa shape index (κ1) is 22.7. The predicted octanol–water partition coefficient (Wildman–Crippen LogP) is 1.80. The zero-order valence-corrected chi connectivity index (χ0v) is 19.1. The van der Waals surface area contributed by atoms with Gasteiger partial charge in [0.1, 0.15) is 0 Å². The van der Waals surface area contributed by atoms with E-state index in [1.807, 2.05) is 11.0 Å². The van der Waals surface area contributed by atoms with Gasteiger partial charge in [0.2, 0.25) is 5.91 Å². The van der Waals surface area contributed by atoms with Gasteiger partial charge in [0.05, 0.1) is 29.3 Å². The Balaban J connectivity index is 1.59. The van der Waals surface area contributed by atoms with Crippen LogP contribution in [0.1, 0.15) is 44.1 Å². The first-order chi connectivity index (χ1) is 15.0. The van der Waals surface area contributed by atoms with E-state index in [0.29, 0.717) is 63.3 Å². The average Bonchev–Trinajstić information content (AvgIpc) is 2.84. The number of hydrogen-bond donors (Lipinski definition) is 1. The van der Waals surface area contributed by atoms with Crippen molar-refractivity contribution in [1.29, 1.82) is 0 Å². The van der Waals surface area contributed by atoms with Gasteiger partial charge in [-0.05, 0) is 37.0 Å². The van der Waals surface area contributed by atoms with E-state index in [1.165, 1.54) is 19.3 Å². The maximum Gasteiger partial charge on any atom is 0.227 e. The van der Waals surface area contributed by atoms with Crippen LogP contribution in [0, 0.1) is 5.92 Å². The minimum atomic E-state index is -3.56. The van der Waals surface area contributed by atoms with E-state index in [2.05, 4.69) is 4.90 Å². The summed E-state index contributed by atoms with van der Waals surface area (Å²) < 4.78 is 32.6. The number of benzene rings is 1. The van der Waals surface area contributed by atoms with Gasteiger partial charge in [-0.1, -0.05) is 31.4 Å². The summed E-state index contributed by atoms with van der Waals surface area (Å²) in [6.45, 7) is 3.77. The number of amides is 1. The number of carbonyl (C=O) groups is 1. The Kier molecular flexibility index (Phi) is 7.31. The molecule has 0 unspecified atom stereocenters. The van der Waals surface area contributed by atoms with Crippen molar-refractivity contribution in [2.45, 2.75) is 61.3 Å². The lowest BCUT2D eigenvalue weighted by Gasteiger charge is -2.43. The van der Waals surface area contributed by atoms with Crippen molar-refractivity contribution in [2.75, 3.05) is 39.4 Å². The van der Waals surface area contributed by atoms with Crippen LogP contribution in [-0.4, -0.2) is 74.8 Å². The van der Waals surface area contributed by atoms with E-state index in [-0.39, 0.29) is 11.8 Å². The monoisotopic (exact) mass is 449 g/mol. The van der Waals surface area contributed by atoms with Gasteiger partial charge in [-0.15, -0.1) is 0 Å². The quantitative estimate of drug-likeness (QED) is 0.737. The SMILES string of the molecule is NCc1cccc(S(=O)(=O)[C@H]2C[C@@H](C(=O)N3CCOCC3)CN(C3CCCCC3)C2)c1. The molecule has 2 heterocycles. The minimum Gasteiger partial charge on any atom is -0.378 e. The summed E-state index contributed by atoms with van der Waals surface area (Å²) in [7, 11) is -3.56. The molecule has 1 aromatic rings. The summed E-state index contributed by atoms with van der Waals surface area (Å²) in [5, 5.41) is -0.578. The molecular weight excluding hydrogens is 414 g/mol. The summed E-state index contributed by atoms with van der Waals surface area (Å²) in [5.41, 5.74) is 6.55. The Hall–Kier alpha value is -1.48. The molecule has 0 aromatic heterocycles. The molecule has 2 atom stereocenters. The second-order valence-electron chi connectivity index (χ2n) is 9.13. The fraction of sp³-hybridized carbons (Fsp3) is 0.696. The lowest BCUT2D eigenvalue weighted by Crippen LogP contribution is -2.55. The smallest absolute Gasteiger partial charge is 0.227 e. The standard InChI is InChI=1S/C23H35N3O4S/c24-15-18-5-4-8-21(13-18)31(28,29)22-14-19(23(27)25-9-11-30-12-10-25)16-26(17-22)20-6-2-1-3-7-20/h4-5,8,13,19-20,22H,1-3,6-7,9-12,14-17,24H2/t19-,22+/m1/s1. The topological polar surface area (TPSA) is 92.9 Å². The third-order valence-electron chi connectivity index (χ3n) is 7.11. The second kappa shape index (κ2) is 9.98. The molecule has 4 rings (SSSR count). The summed E-state index contributed by atoms with van der Waals surface area (Å²) >= 11 is 0. The molecule has 0 spiro atoms. The summed E-state index contributed by atoms with van der Waals surface area (Å²) in [6, 6.07) is 7.33. The van der Waals surface area contributed by atoms with Gasteiger partial charge in [-0.2, -0.15) is 0 Å². The maximum atomic E-state index is 13.6. The van der Waals surface area contributed by atoms with Gasteiger partial charge in [-0.25, -0.2) is 8.42 Å². The zero-order chi connectivity index (χ0) is 21.8. The Bertz CT molecular complexity index is 863. The van der Waals surface area contributed by atoms with Crippen molar-refractivity contribution >= 4 is 15.7 Å². The van der Waals surface area contributed by atoms with Gasteiger partial charge >= 0.3 is 0 Å². The lowest BCUT2D eigenvalue weighted by atomic mass is 9.89. The summed E-state index contributed by atoms with van der Waals surface area (Å²) in [4.78, 5) is 17.8. The van der Waals surface area contributed by atoms with Crippen LogP contribution in [0.2, 0.25) is 0 Å². The molecule has 172 valence electrons. The summed E-state index contributed by atoms with van der Waals surface area (Å²) in [5.74, 6) is -0.203. The van der Waals surface area contributed by atoms with E-state index in [4.69, 9.17) is 10.5 Å². The molecule has 1 amide bonds. The fourth-order valence-electron chi connectivity index (χ4n) is 5.32. The molecular formula is C23H35N3O4S. The Labute approximate surface area is 185 Å². The number of rotatable bonds is 5. The minimum absolute atomic E-state index is 0.0831. The molecule has 2 saturated heterocycles. The van der Waals surface area contributed by atoms with Crippen molar-refractivity contribution in [3.05, 3.63) is 29.8 Å². The fourth-order valence-corrected chi connectivity index (χ4v) is 7.16. The first-order valence-electron chi connectivity index (χ1n) is 11.6. The molecule has 0 bridgehead atoms. The van der Waals surface area contributed by atoms with Crippen LogP contribution in [0.5, 0.6) is 0 Å². The highest BCUT2D eigenvalue weighted by Crippen LogP contribution is 2.33. The van der Waals surface area contributed by atoms with Gasteiger partial charge in [0.25, 0.3) is 0 Å². The zero-order valence-electron chi connectivity index (χ0n) is 18.2. The number of nitrogens with two attached hydrogens (primary N) is 1. The van der Waals surface area contributed by atoms with Crippen LogP contribution in [0.3, 0.4) is 0 Å². The number of likely N-dealkylation sites (tertiary alicyclic amines) is 1. The van der Waals surface area contributed by atoms with Crippen LogP contribution in [0.4, 0.5) is 0 Å². The van der Waals surface area contributed by atoms with Crippen LogP contribution < -0.4 is 5.73 Å². The van der Waals surface area contributed by atoms with Crippen molar-refractivity contribution in [1.82, 2.24) is 9.80 Å². The van der Waals surface area contributed by atoms with Crippen molar-refractivity contribution in [2.24, 2.45) is 11.7 Å². The highest BCUT2D eigenvalue weighted by atomic mass is 32.2. The van der Waals surface area contributed by atoms with Gasteiger partial charge < -0.3 is 15.4 Å². The molecule has 1 aromatic carbocycles. The highest BCUT2D eigenvalue weighted by molar-refractivity contribution is 7.92. The first-order valence-corrected chi connectivity index (χ1v) is 13.2.